The van der Waals surface area contributed by atoms with Gasteiger partial charge in [0.15, 0.2) is 0 Å². The maximum Gasteiger partial charge on any atom is 0.391 e. The number of nitrogens with one attached hydrogen (secondary N) is 4. The lowest BCUT2D eigenvalue weighted by atomic mass is 10.0. The zero-order valence-electron chi connectivity index (χ0n) is 24.8. The third-order valence-corrected chi connectivity index (χ3v) is 8.10. The SMILES string of the molecule is O=C(CCC(F)(F)F)Nc1ccc([C@H]2O[C@@H]3CN[C@H]2C3)cc1.O=C(COCCC(F)(F)F)Nc1ccc([C@@H]2O[C@H]3CN[C@@H]2C3)cc1. The molecule has 2 amide bonds. The number of fused-ring (bicyclic) bond motifs is 4. The third kappa shape index (κ3) is 9.88. The largest absolute Gasteiger partial charge is 0.391 e. The molecule has 6 atom stereocenters. The average molecular weight is 659 g/mol. The van der Waals surface area contributed by atoms with Crippen molar-refractivity contribution in [2.24, 2.45) is 0 Å². The van der Waals surface area contributed by atoms with E-state index in [1.165, 1.54) is 0 Å². The van der Waals surface area contributed by atoms with E-state index in [0.717, 1.165) is 37.1 Å². The lowest BCUT2D eigenvalue weighted by Gasteiger charge is -2.23. The second-order valence-corrected chi connectivity index (χ2v) is 11.7. The van der Waals surface area contributed by atoms with Crippen LogP contribution in [0.25, 0.3) is 0 Å². The van der Waals surface area contributed by atoms with E-state index in [1.54, 1.807) is 24.3 Å². The molecule has 15 heteroatoms. The van der Waals surface area contributed by atoms with Gasteiger partial charge in [0.25, 0.3) is 0 Å². The molecule has 4 N–H and O–H groups in total. The highest BCUT2D eigenvalue weighted by Gasteiger charge is 2.42. The van der Waals surface area contributed by atoms with E-state index in [2.05, 4.69) is 21.3 Å². The Balaban J connectivity index is 0.000000182. The van der Waals surface area contributed by atoms with Crippen LogP contribution in [-0.2, 0) is 23.8 Å². The second-order valence-electron chi connectivity index (χ2n) is 11.7. The fraction of sp³-hybridized carbons (Fsp3) is 0.548. The van der Waals surface area contributed by atoms with E-state index in [1.807, 2.05) is 24.3 Å². The van der Waals surface area contributed by atoms with Gasteiger partial charge >= 0.3 is 12.4 Å². The first-order chi connectivity index (χ1) is 21.8. The Morgan fingerprint density at radius 1 is 0.717 bits per heavy atom. The van der Waals surface area contributed by atoms with Crippen LogP contribution in [0, 0.1) is 0 Å². The highest BCUT2D eigenvalue weighted by molar-refractivity contribution is 5.91. The first kappa shape index (κ1) is 34.1. The van der Waals surface area contributed by atoms with Gasteiger partial charge in [0.05, 0.1) is 43.9 Å². The van der Waals surface area contributed by atoms with Gasteiger partial charge in [0.1, 0.15) is 6.61 Å². The monoisotopic (exact) mass is 658 g/mol. The van der Waals surface area contributed by atoms with Gasteiger partial charge in [0, 0.05) is 43.0 Å². The average Bonchev–Trinajstić information content (AvgIpc) is 3.82. The molecule has 2 aromatic rings. The molecule has 4 aliphatic rings. The number of hydrogen-bond acceptors (Lipinski definition) is 7. The smallest absolute Gasteiger partial charge is 0.371 e. The Labute approximate surface area is 261 Å². The molecule has 2 aromatic carbocycles. The molecular formula is C31H36F6N4O5. The van der Waals surface area contributed by atoms with E-state index >= 15 is 0 Å². The summed E-state index contributed by atoms with van der Waals surface area (Å²) in [5.74, 6) is -1.12. The number of morpholine rings is 2. The third-order valence-electron chi connectivity index (χ3n) is 8.10. The van der Waals surface area contributed by atoms with Gasteiger partial charge < -0.3 is 35.5 Å². The highest BCUT2D eigenvalue weighted by atomic mass is 19.4. The number of alkyl halides is 6. The number of amides is 2. The van der Waals surface area contributed by atoms with Crippen LogP contribution in [0.15, 0.2) is 48.5 Å². The van der Waals surface area contributed by atoms with Crippen molar-refractivity contribution >= 4 is 23.2 Å². The molecule has 0 spiro atoms. The zero-order chi connectivity index (χ0) is 32.9. The van der Waals surface area contributed by atoms with E-state index in [9.17, 15) is 35.9 Å². The summed E-state index contributed by atoms with van der Waals surface area (Å²) in [7, 11) is 0. The molecule has 9 nitrogen and oxygen atoms in total. The predicted octanol–water partition coefficient (Wildman–Crippen LogP) is 5.17. The molecule has 4 bridgehead atoms. The van der Waals surface area contributed by atoms with Crippen LogP contribution in [0.3, 0.4) is 0 Å². The number of rotatable bonds is 10. The van der Waals surface area contributed by atoms with Gasteiger partial charge in [-0.3, -0.25) is 9.59 Å². The van der Waals surface area contributed by atoms with Gasteiger partial charge in [-0.05, 0) is 48.2 Å². The number of anilines is 2. The van der Waals surface area contributed by atoms with Gasteiger partial charge in [-0.15, -0.1) is 0 Å². The zero-order valence-corrected chi connectivity index (χ0v) is 24.8. The van der Waals surface area contributed by atoms with Gasteiger partial charge in [-0.1, -0.05) is 24.3 Å². The number of carbonyl (C=O) groups excluding carboxylic acids is 2. The van der Waals surface area contributed by atoms with Crippen molar-refractivity contribution < 1.29 is 50.1 Å². The molecule has 252 valence electrons. The van der Waals surface area contributed by atoms with Crippen LogP contribution >= 0.6 is 0 Å². The van der Waals surface area contributed by atoms with Crippen molar-refractivity contribution in [1.82, 2.24) is 10.6 Å². The van der Waals surface area contributed by atoms with Crippen LogP contribution in [0.4, 0.5) is 37.7 Å². The molecule has 0 radical (unpaired) electrons. The van der Waals surface area contributed by atoms with Crippen molar-refractivity contribution in [3.05, 3.63) is 59.7 Å². The van der Waals surface area contributed by atoms with Gasteiger partial charge in [0.2, 0.25) is 11.8 Å². The van der Waals surface area contributed by atoms with Crippen molar-refractivity contribution in [3.63, 3.8) is 0 Å². The van der Waals surface area contributed by atoms with Crippen molar-refractivity contribution in [2.45, 2.75) is 81.0 Å². The van der Waals surface area contributed by atoms with Gasteiger partial charge in [-0.25, -0.2) is 0 Å². The molecule has 0 aromatic heterocycles. The molecule has 4 aliphatic heterocycles. The topological polar surface area (TPSA) is 110 Å². The summed E-state index contributed by atoms with van der Waals surface area (Å²) < 4.78 is 88.5. The molecule has 4 saturated heterocycles. The molecule has 0 unspecified atom stereocenters. The molecular weight excluding hydrogens is 622 g/mol. The van der Waals surface area contributed by atoms with Crippen molar-refractivity contribution in [2.75, 3.05) is 36.9 Å². The number of benzene rings is 2. The number of hydrogen-bond donors (Lipinski definition) is 4. The Hall–Kier alpha value is -3.24. The van der Waals surface area contributed by atoms with Crippen LogP contribution in [0.1, 0.15) is 55.4 Å². The quantitative estimate of drug-likeness (QED) is 0.206. The Morgan fingerprint density at radius 2 is 1.17 bits per heavy atom. The van der Waals surface area contributed by atoms with Gasteiger partial charge in [-0.2, -0.15) is 26.3 Å². The first-order valence-electron chi connectivity index (χ1n) is 15.1. The van der Waals surface area contributed by atoms with Crippen molar-refractivity contribution in [1.29, 1.82) is 0 Å². The molecule has 0 aliphatic carbocycles. The maximum absolute atomic E-state index is 12.1. The fourth-order valence-corrected chi connectivity index (χ4v) is 5.90. The van der Waals surface area contributed by atoms with E-state index in [4.69, 9.17) is 14.2 Å². The lowest BCUT2D eigenvalue weighted by molar-refractivity contribution is -0.147. The van der Waals surface area contributed by atoms with Crippen LogP contribution < -0.4 is 21.3 Å². The number of carbonyl (C=O) groups is 2. The lowest BCUT2D eigenvalue weighted by Crippen LogP contribution is -2.33. The van der Waals surface area contributed by atoms with Crippen LogP contribution in [0.2, 0.25) is 0 Å². The summed E-state index contributed by atoms with van der Waals surface area (Å²) >= 11 is 0. The van der Waals surface area contributed by atoms with E-state index in [0.29, 0.717) is 23.5 Å². The normalized spacial score (nSPS) is 26.5. The standard InChI is InChI=1S/C16H19F3N2O3.C15H17F3N2O2/c17-16(18,19)5-6-23-9-14(22)21-11-3-1-10(2-4-11)15-13-7-12(24-15)8-20-13;16-15(17,18)6-5-13(21)20-10-3-1-9(2-4-10)14-12-7-11(22-14)8-19-12/h1-4,12-13,15,20H,5-9H2,(H,21,22);1-4,11-12,14,19H,5-8H2,(H,20,21)/t12-,13-,15+;11-,12-,14+/m10/s1. The molecule has 0 saturated carbocycles. The summed E-state index contributed by atoms with van der Waals surface area (Å²) in [4.78, 5) is 23.1. The Bertz CT molecular complexity index is 1320. The maximum atomic E-state index is 12.1. The number of ether oxygens (including phenoxy) is 3. The summed E-state index contributed by atoms with van der Waals surface area (Å²) in [6.45, 7) is 0.847. The Morgan fingerprint density at radius 3 is 1.57 bits per heavy atom. The molecule has 4 heterocycles. The van der Waals surface area contributed by atoms with Crippen LogP contribution in [0.5, 0.6) is 0 Å². The molecule has 46 heavy (non-hydrogen) atoms. The van der Waals surface area contributed by atoms with Crippen molar-refractivity contribution in [3.8, 4) is 0 Å². The molecule has 4 fully saturated rings. The van der Waals surface area contributed by atoms with Crippen LogP contribution in [-0.4, -0.2) is 74.8 Å². The summed E-state index contributed by atoms with van der Waals surface area (Å²) in [6, 6.07) is 15.0. The summed E-state index contributed by atoms with van der Waals surface area (Å²) in [6.07, 6.45) is -8.74. The Kier molecular flexibility index (Phi) is 10.9. The summed E-state index contributed by atoms with van der Waals surface area (Å²) in [5.41, 5.74) is 3.11. The molecule has 6 rings (SSSR count). The minimum atomic E-state index is -4.31. The first-order valence-corrected chi connectivity index (χ1v) is 15.1. The number of halogens is 6. The van der Waals surface area contributed by atoms with E-state index < -0.39 is 56.6 Å². The van der Waals surface area contributed by atoms with E-state index in [-0.39, 0.29) is 24.4 Å². The minimum absolute atomic E-state index is 0.00808. The summed E-state index contributed by atoms with van der Waals surface area (Å²) in [5, 5.41) is 11.8. The fourth-order valence-electron chi connectivity index (χ4n) is 5.90. The minimum Gasteiger partial charge on any atom is -0.371 e. The predicted molar refractivity (Wildman–Crippen MR) is 155 cm³/mol. The highest BCUT2D eigenvalue weighted by Crippen LogP contribution is 2.38. The second kappa shape index (κ2) is 14.7.